The summed E-state index contributed by atoms with van der Waals surface area (Å²) in [6.07, 6.45) is 3.21. The van der Waals surface area contributed by atoms with Crippen LogP contribution in [0.3, 0.4) is 0 Å². The highest BCUT2D eigenvalue weighted by Crippen LogP contribution is 2.31. The molecule has 0 unspecified atom stereocenters. The minimum atomic E-state index is -1.18. The van der Waals surface area contributed by atoms with Gasteiger partial charge in [0.05, 0.1) is 11.4 Å². The molecule has 0 aliphatic carbocycles. The third-order valence-electron chi connectivity index (χ3n) is 3.92. The zero-order chi connectivity index (χ0) is 14.0. The summed E-state index contributed by atoms with van der Waals surface area (Å²) in [5.41, 5.74) is 5.70. The molecule has 104 valence electrons. The number of aromatic carboxylic acids is 1. The number of carboxylic acid groups (broad SMARTS) is 1. The van der Waals surface area contributed by atoms with Crippen molar-refractivity contribution in [1.29, 1.82) is 0 Å². The quantitative estimate of drug-likeness (QED) is 0.825. The highest BCUT2D eigenvalue weighted by Gasteiger charge is 2.24. The van der Waals surface area contributed by atoms with Gasteiger partial charge in [-0.15, -0.1) is 0 Å². The van der Waals surface area contributed by atoms with Gasteiger partial charge in [0.15, 0.2) is 0 Å². The molecule has 1 aromatic carbocycles. The monoisotopic (exact) mass is 266 g/mol. The average Bonchev–Trinajstić information content (AvgIpc) is 2.41. The van der Waals surface area contributed by atoms with Gasteiger partial charge in [-0.3, -0.25) is 0 Å². The Kier molecular flexibility index (Phi) is 3.93. The van der Waals surface area contributed by atoms with Crippen LogP contribution in [0, 0.1) is 11.7 Å². The standard InChI is InChI=1S/C14H19FN2O2/c1-2-9-5-7-17(8-6-9)11-4-3-10(15)13(16)12(11)14(18)19/h3-4,9H,2,5-8,16H2,1H3,(H,18,19). The van der Waals surface area contributed by atoms with Crippen molar-refractivity contribution in [3.63, 3.8) is 0 Å². The zero-order valence-corrected chi connectivity index (χ0v) is 11.0. The summed E-state index contributed by atoms with van der Waals surface area (Å²) in [4.78, 5) is 13.3. The van der Waals surface area contributed by atoms with Crippen molar-refractivity contribution in [3.05, 3.63) is 23.5 Å². The Labute approximate surface area is 112 Å². The van der Waals surface area contributed by atoms with Crippen molar-refractivity contribution in [2.24, 2.45) is 5.92 Å². The molecule has 0 saturated carbocycles. The number of nitrogen functional groups attached to an aromatic ring is 1. The molecular formula is C14H19FN2O2. The van der Waals surface area contributed by atoms with E-state index in [1.807, 2.05) is 4.90 Å². The van der Waals surface area contributed by atoms with Gasteiger partial charge < -0.3 is 15.7 Å². The van der Waals surface area contributed by atoms with Gasteiger partial charge in [-0.25, -0.2) is 9.18 Å². The first kappa shape index (κ1) is 13.6. The molecule has 1 saturated heterocycles. The van der Waals surface area contributed by atoms with E-state index in [4.69, 9.17) is 5.73 Å². The maximum absolute atomic E-state index is 13.4. The molecule has 1 fully saturated rings. The van der Waals surface area contributed by atoms with Crippen molar-refractivity contribution in [3.8, 4) is 0 Å². The van der Waals surface area contributed by atoms with E-state index in [1.54, 1.807) is 0 Å². The van der Waals surface area contributed by atoms with E-state index in [9.17, 15) is 14.3 Å². The van der Waals surface area contributed by atoms with Crippen LogP contribution in [0.25, 0.3) is 0 Å². The molecule has 1 aliphatic rings. The summed E-state index contributed by atoms with van der Waals surface area (Å²) >= 11 is 0. The molecule has 0 amide bonds. The zero-order valence-electron chi connectivity index (χ0n) is 11.0. The van der Waals surface area contributed by atoms with Crippen LogP contribution < -0.4 is 10.6 Å². The number of carbonyl (C=O) groups is 1. The smallest absolute Gasteiger partial charge is 0.340 e. The second kappa shape index (κ2) is 5.47. The summed E-state index contributed by atoms with van der Waals surface area (Å²) in [5, 5.41) is 9.23. The molecule has 19 heavy (non-hydrogen) atoms. The lowest BCUT2D eigenvalue weighted by Gasteiger charge is -2.34. The number of nitrogens with zero attached hydrogens (tertiary/aromatic N) is 1. The molecule has 2 rings (SSSR count). The van der Waals surface area contributed by atoms with Crippen LogP contribution in [0.15, 0.2) is 12.1 Å². The molecule has 1 aliphatic heterocycles. The molecule has 5 heteroatoms. The Morgan fingerprint density at radius 3 is 2.63 bits per heavy atom. The first-order chi connectivity index (χ1) is 9.04. The molecule has 0 atom stereocenters. The highest BCUT2D eigenvalue weighted by molar-refractivity contribution is 6.00. The van der Waals surface area contributed by atoms with E-state index >= 15 is 0 Å². The number of benzene rings is 1. The van der Waals surface area contributed by atoms with E-state index in [0.29, 0.717) is 11.6 Å². The predicted octanol–water partition coefficient (Wildman–Crippen LogP) is 2.73. The maximum Gasteiger partial charge on any atom is 0.340 e. The van der Waals surface area contributed by atoms with Gasteiger partial charge in [0.25, 0.3) is 0 Å². The Morgan fingerprint density at radius 1 is 1.47 bits per heavy atom. The SMILES string of the molecule is CCC1CCN(c2ccc(F)c(N)c2C(=O)O)CC1. The van der Waals surface area contributed by atoms with Crippen LogP contribution in [0.2, 0.25) is 0 Å². The van der Waals surface area contributed by atoms with Crippen molar-refractivity contribution in [1.82, 2.24) is 0 Å². The minimum Gasteiger partial charge on any atom is -0.478 e. The van der Waals surface area contributed by atoms with E-state index in [1.165, 1.54) is 12.1 Å². The number of hydrogen-bond donors (Lipinski definition) is 2. The Balaban J connectivity index is 2.30. The lowest BCUT2D eigenvalue weighted by atomic mass is 9.93. The third kappa shape index (κ3) is 2.64. The van der Waals surface area contributed by atoms with Crippen molar-refractivity contribution in [2.45, 2.75) is 26.2 Å². The molecule has 1 heterocycles. The van der Waals surface area contributed by atoms with Gasteiger partial charge in [0.1, 0.15) is 11.4 Å². The van der Waals surface area contributed by atoms with Crippen LogP contribution in [-0.4, -0.2) is 24.2 Å². The third-order valence-corrected chi connectivity index (χ3v) is 3.92. The summed E-state index contributed by atoms with van der Waals surface area (Å²) in [5.74, 6) is -1.16. The Bertz CT molecular complexity index is 483. The lowest BCUT2D eigenvalue weighted by molar-refractivity contribution is 0.0698. The molecule has 1 aromatic rings. The van der Waals surface area contributed by atoms with Gasteiger partial charge in [0, 0.05) is 13.1 Å². The van der Waals surface area contributed by atoms with Gasteiger partial charge in [-0.05, 0) is 30.9 Å². The van der Waals surface area contributed by atoms with Gasteiger partial charge in [-0.1, -0.05) is 13.3 Å². The predicted molar refractivity (Wildman–Crippen MR) is 73.0 cm³/mol. The lowest BCUT2D eigenvalue weighted by Crippen LogP contribution is -2.34. The van der Waals surface area contributed by atoms with Crippen LogP contribution >= 0.6 is 0 Å². The van der Waals surface area contributed by atoms with Gasteiger partial charge in [-0.2, -0.15) is 0 Å². The number of rotatable bonds is 3. The van der Waals surface area contributed by atoms with Gasteiger partial charge >= 0.3 is 5.97 Å². The summed E-state index contributed by atoms with van der Waals surface area (Å²) in [7, 11) is 0. The van der Waals surface area contributed by atoms with Crippen molar-refractivity contribution in [2.75, 3.05) is 23.7 Å². The van der Waals surface area contributed by atoms with Crippen LogP contribution in [-0.2, 0) is 0 Å². The number of hydrogen-bond acceptors (Lipinski definition) is 3. The van der Waals surface area contributed by atoms with Crippen molar-refractivity contribution < 1.29 is 14.3 Å². The number of halogens is 1. The normalized spacial score (nSPS) is 16.6. The molecule has 3 N–H and O–H groups in total. The molecule has 4 nitrogen and oxygen atoms in total. The molecule has 0 bridgehead atoms. The fourth-order valence-corrected chi connectivity index (χ4v) is 2.65. The van der Waals surface area contributed by atoms with Crippen LogP contribution in [0.4, 0.5) is 15.8 Å². The topological polar surface area (TPSA) is 66.6 Å². The fourth-order valence-electron chi connectivity index (χ4n) is 2.65. The highest BCUT2D eigenvalue weighted by atomic mass is 19.1. The van der Waals surface area contributed by atoms with Crippen LogP contribution in [0.5, 0.6) is 0 Å². The maximum atomic E-state index is 13.4. The van der Waals surface area contributed by atoms with E-state index in [-0.39, 0.29) is 11.3 Å². The van der Waals surface area contributed by atoms with E-state index in [2.05, 4.69) is 6.92 Å². The number of piperidine rings is 1. The molecule has 0 radical (unpaired) electrons. The number of carboxylic acids is 1. The largest absolute Gasteiger partial charge is 0.478 e. The number of nitrogens with two attached hydrogens (primary N) is 1. The average molecular weight is 266 g/mol. The fraction of sp³-hybridized carbons (Fsp3) is 0.500. The Hall–Kier alpha value is -1.78. The second-order valence-electron chi connectivity index (χ2n) is 5.00. The van der Waals surface area contributed by atoms with E-state index in [0.717, 1.165) is 32.4 Å². The first-order valence-electron chi connectivity index (χ1n) is 6.60. The van der Waals surface area contributed by atoms with Crippen LogP contribution in [0.1, 0.15) is 36.5 Å². The number of anilines is 2. The summed E-state index contributed by atoms with van der Waals surface area (Å²) in [6, 6.07) is 2.75. The molecular weight excluding hydrogens is 247 g/mol. The second-order valence-corrected chi connectivity index (χ2v) is 5.00. The summed E-state index contributed by atoms with van der Waals surface area (Å²) in [6.45, 7) is 3.76. The Morgan fingerprint density at radius 2 is 2.11 bits per heavy atom. The van der Waals surface area contributed by atoms with E-state index < -0.39 is 11.8 Å². The van der Waals surface area contributed by atoms with Gasteiger partial charge in [0.2, 0.25) is 0 Å². The van der Waals surface area contributed by atoms with Crippen molar-refractivity contribution >= 4 is 17.3 Å². The molecule has 0 aromatic heterocycles. The summed E-state index contributed by atoms with van der Waals surface area (Å²) < 4.78 is 13.4. The minimum absolute atomic E-state index is 0.116. The molecule has 0 spiro atoms. The first-order valence-corrected chi connectivity index (χ1v) is 6.60.